The highest BCUT2D eigenvalue weighted by molar-refractivity contribution is 6.30. The first-order chi connectivity index (χ1) is 14.9. The summed E-state index contributed by atoms with van der Waals surface area (Å²) in [5.41, 5.74) is 1.02. The Morgan fingerprint density at radius 3 is 2.42 bits per heavy atom. The number of ether oxygens (including phenoxy) is 2. The van der Waals surface area contributed by atoms with Crippen LogP contribution in [0.4, 0.5) is 4.79 Å². The highest BCUT2D eigenvalue weighted by atomic mass is 16.5. The maximum atomic E-state index is 12.9. The summed E-state index contributed by atoms with van der Waals surface area (Å²) >= 11 is 0. The molecule has 2 aromatic carbocycles. The van der Waals surface area contributed by atoms with Crippen molar-refractivity contribution in [2.75, 3.05) is 13.2 Å². The lowest BCUT2D eigenvalue weighted by atomic mass is 10.1. The first kappa shape index (κ1) is 21.9. The number of imide groups is 2. The summed E-state index contributed by atoms with van der Waals surface area (Å²) in [7, 11) is 0. The largest absolute Gasteiger partial charge is 0.508 e. The van der Waals surface area contributed by atoms with Crippen LogP contribution in [0.5, 0.6) is 17.2 Å². The van der Waals surface area contributed by atoms with Crippen LogP contribution in [0.3, 0.4) is 0 Å². The van der Waals surface area contributed by atoms with Crippen molar-refractivity contribution in [3.63, 3.8) is 0 Å². The van der Waals surface area contributed by atoms with Gasteiger partial charge in [-0.2, -0.15) is 0 Å². The Labute approximate surface area is 180 Å². The predicted molar refractivity (Wildman–Crippen MR) is 114 cm³/mol. The van der Waals surface area contributed by atoms with Gasteiger partial charge in [-0.05, 0) is 54.8 Å². The molecule has 0 bridgehead atoms. The molecule has 0 saturated carbocycles. The van der Waals surface area contributed by atoms with Crippen molar-refractivity contribution in [1.82, 2.24) is 10.2 Å². The van der Waals surface area contributed by atoms with Crippen LogP contribution in [0.15, 0.2) is 48.0 Å². The summed E-state index contributed by atoms with van der Waals surface area (Å²) in [6, 6.07) is 10.4. The number of phenols is 1. The monoisotopic (exact) mass is 424 g/mol. The van der Waals surface area contributed by atoms with E-state index in [-0.39, 0.29) is 17.9 Å². The zero-order valence-electron chi connectivity index (χ0n) is 17.4. The van der Waals surface area contributed by atoms with Crippen molar-refractivity contribution in [3.05, 3.63) is 59.2 Å². The summed E-state index contributed by atoms with van der Waals surface area (Å²) in [6.07, 6.45) is 2.23. The van der Waals surface area contributed by atoms with Crippen molar-refractivity contribution in [2.24, 2.45) is 0 Å². The fourth-order valence-electron chi connectivity index (χ4n) is 3.01. The van der Waals surface area contributed by atoms with Crippen molar-refractivity contribution in [2.45, 2.75) is 26.8 Å². The molecular formula is C23H24N2O6. The lowest BCUT2D eigenvalue weighted by Gasteiger charge is -2.26. The maximum Gasteiger partial charge on any atom is 0.331 e. The summed E-state index contributed by atoms with van der Waals surface area (Å²) < 4.78 is 11.3. The lowest BCUT2D eigenvalue weighted by molar-refractivity contribution is -0.130. The number of rotatable bonds is 8. The minimum absolute atomic E-state index is 0.0427. The third kappa shape index (κ3) is 5.22. The number of benzene rings is 2. The van der Waals surface area contributed by atoms with E-state index in [1.165, 1.54) is 18.2 Å². The summed E-state index contributed by atoms with van der Waals surface area (Å²) in [4.78, 5) is 38.4. The molecule has 31 heavy (non-hydrogen) atoms. The van der Waals surface area contributed by atoms with E-state index in [9.17, 15) is 19.5 Å². The van der Waals surface area contributed by atoms with Gasteiger partial charge in [-0.3, -0.25) is 19.8 Å². The number of hydrogen-bond acceptors (Lipinski definition) is 6. The Kier molecular flexibility index (Phi) is 6.92. The van der Waals surface area contributed by atoms with Crippen molar-refractivity contribution < 1.29 is 29.0 Å². The third-order valence-corrected chi connectivity index (χ3v) is 4.50. The maximum absolute atomic E-state index is 12.9. The van der Waals surface area contributed by atoms with Gasteiger partial charge in [-0.1, -0.05) is 25.1 Å². The Hall–Kier alpha value is -3.81. The zero-order chi connectivity index (χ0) is 22.4. The molecule has 2 aromatic rings. The number of nitrogens with zero attached hydrogens (tertiary/aromatic N) is 1. The number of nitrogens with one attached hydrogen (secondary N) is 1. The zero-order valence-corrected chi connectivity index (χ0v) is 17.4. The number of phenolic OH excluding ortho intramolecular Hbond substituents is 1. The molecule has 162 valence electrons. The molecule has 1 aliphatic rings. The summed E-state index contributed by atoms with van der Waals surface area (Å²) in [5.74, 6) is -0.294. The molecule has 1 saturated heterocycles. The second kappa shape index (κ2) is 9.80. The Balaban J connectivity index is 1.85. The molecule has 2 N–H and O–H groups in total. The molecule has 8 nitrogen and oxygen atoms in total. The molecule has 0 aromatic heterocycles. The highest BCUT2D eigenvalue weighted by Gasteiger charge is 2.35. The van der Waals surface area contributed by atoms with Crippen molar-refractivity contribution >= 4 is 23.9 Å². The van der Waals surface area contributed by atoms with Crippen molar-refractivity contribution in [3.8, 4) is 17.2 Å². The molecule has 0 unspecified atom stereocenters. The van der Waals surface area contributed by atoms with Crippen LogP contribution >= 0.6 is 0 Å². The smallest absolute Gasteiger partial charge is 0.331 e. The van der Waals surface area contributed by atoms with Gasteiger partial charge in [0.25, 0.3) is 11.8 Å². The van der Waals surface area contributed by atoms with Crippen LogP contribution in [0, 0.1) is 0 Å². The molecule has 0 radical (unpaired) electrons. The fourth-order valence-corrected chi connectivity index (χ4v) is 3.01. The minimum atomic E-state index is -0.790. The van der Waals surface area contributed by atoms with E-state index in [1.54, 1.807) is 30.3 Å². The quantitative estimate of drug-likeness (QED) is 0.498. The second-order valence-electron chi connectivity index (χ2n) is 6.86. The van der Waals surface area contributed by atoms with Gasteiger partial charge in [0.2, 0.25) is 0 Å². The van der Waals surface area contributed by atoms with Crippen LogP contribution in [-0.4, -0.2) is 41.1 Å². The van der Waals surface area contributed by atoms with Gasteiger partial charge in [0.05, 0.1) is 19.8 Å². The molecule has 0 aliphatic carbocycles. The number of urea groups is 1. The number of aromatic hydroxyl groups is 1. The summed E-state index contributed by atoms with van der Waals surface area (Å²) in [5, 5.41) is 11.6. The average Bonchev–Trinajstić information content (AvgIpc) is 2.75. The molecule has 4 amide bonds. The van der Waals surface area contributed by atoms with E-state index in [1.807, 2.05) is 13.8 Å². The van der Waals surface area contributed by atoms with Crippen LogP contribution in [0.2, 0.25) is 0 Å². The van der Waals surface area contributed by atoms with Gasteiger partial charge in [0.1, 0.15) is 11.3 Å². The first-order valence-electron chi connectivity index (χ1n) is 9.99. The molecule has 1 aliphatic heterocycles. The van der Waals surface area contributed by atoms with Crippen LogP contribution in [0.1, 0.15) is 31.4 Å². The molecule has 1 heterocycles. The third-order valence-electron chi connectivity index (χ3n) is 4.50. The SMILES string of the molecule is CCCOc1ccc(CN2C(=O)NC(=O)/C(=C\c3ccc(O)cc3)C2=O)cc1OCC. The molecule has 3 rings (SSSR count). The topological polar surface area (TPSA) is 105 Å². The van der Waals surface area contributed by atoms with Crippen LogP contribution in [-0.2, 0) is 16.1 Å². The van der Waals surface area contributed by atoms with Gasteiger partial charge in [0.15, 0.2) is 11.5 Å². The normalized spacial score (nSPS) is 15.2. The predicted octanol–water partition coefficient (Wildman–Crippen LogP) is 3.24. The summed E-state index contributed by atoms with van der Waals surface area (Å²) in [6.45, 7) is 4.78. The Morgan fingerprint density at radius 1 is 1.00 bits per heavy atom. The van der Waals surface area contributed by atoms with E-state index in [4.69, 9.17) is 9.47 Å². The van der Waals surface area contributed by atoms with Gasteiger partial charge < -0.3 is 14.6 Å². The van der Waals surface area contributed by atoms with Gasteiger partial charge >= 0.3 is 6.03 Å². The van der Waals surface area contributed by atoms with E-state index in [0.29, 0.717) is 35.8 Å². The number of barbiturate groups is 1. The highest BCUT2D eigenvalue weighted by Crippen LogP contribution is 2.30. The fraction of sp³-hybridized carbons (Fsp3) is 0.261. The average molecular weight is 424 g/mol. The molecular weight excluding hydrogens is 400 g/mol. The molecule has 0 atom stereocenters. The number of carbonyl (C=O) groups is 3. The number of carbonyl (C=O) groups excluding carboxylic acids is 3. The van der Waals surface area contributed by atoms with E-state index < -0.39 is 17.8 Å². The molecule has 8 heteroatoms. The molecule has 0 spiro atoms. The molecule has 1 fully saturated rings. The number of amides is 4. The van der Waals surface area contributed by atoms with Crippen LogP contribution in [0.25, 0.3) is 6.08 Å². The number of hydrogen-bond donors (Lipinski definition) is 2. The van der Waals surface area contributed by atoms with Crippen LogP contribution < -0.4 is 14.8 Å². The standard InChI is InChI=1S/C23H24N2O6/c1-3-11-31-19-10-7-16(13-20(19)30-4-2)14-25-22(28)18(21(27)24-23(25)29)12-15-5-8-17(26)9-6-15/h5-10,12-13,26H,3-4,11,14H2,1-2H3,(H,24,27,29)/b18-12+. The van der Waals surface area contributed by atoms with Crippen molar-refractivity contribution in [1.29, 1.82) is 0 Å². The van der Waals surface area contributed by atoms with Gasteiger partial charge in [-0.15, -0.1) is 0 Å². The Bertz CT molecular complexity index is 1010. The van der Waals surface area contributed by atoms with Gasteiger partial charge in [0, 0.05) is 0 Å². The van der Waals surface area contributed by atoms with Gasteiger partial charge in [-0.25, -0.2) is 4.79 Å². The van der Waals surface area contributed by atoms with E-state index >= 15 is 0 Å². The van der Waals surface area contributed by atoms with E-state index in [0.717, 1.165) is 11.3 Å². The first-order valence-corrected chi connectivity index (χ1v) is 9.99. The second-order valence-corrected chi connectivity index (χ2v) is 6.86. The lowest BCUT2D eigenvalue weighted by Crippen LogP contribution is -2.53. The minimum Gasteiger partial charge on any atom is -0.508 e. The Morgan fingerprint density at radius 2 is 1.74 bits per heavy atom. The van der Waals surface area contributed by atoms with E-state index in [2.05, 4.69) is 5.32 Å².